The third-order valence-electron chi connectivity index (χ3n) is 6.33. The number of fused-ring (bicyclic) bond motifs is 3. The molecule has 1 atom stereocenters. The van der Waals surface area contributed by atoms with E-state index in [9.17, 15) is 9.59 Å². The van der Waals surface area contributed by atoms with Gasteiger partial charge in [0.15, 0.2) is 0 Å². The van der Waals surface area contributed by atoms with Crippen molar-refractivity contribution in [3.63, 3.8) is 0 Å². The Morgan fingerprint density at radius 1 is 1.18 bits per heavy atom. The van der Waals surface area contributed by atoms with Crippen LogP contribution < -0.4 is 15.4 Å². The van der Waals surface area contributed by atoms with Gasteiger partial charge in [-0.2, -0.15) is 0 Å². The van der Waals surface area contributed by atoms with Crippen molar-refractivity contribution < 1.29 is 19.1 Å². The second-order valence-corrected chi connectivity index (χ2v) is 8.55. The molecule has 0 radical (unpaired) electrons. The molecule has 0 aliphatic carbocycles. The van der Waals surface area contributed by atoms with Crippen LogP contribution in [0.1, 0.15) is 51.6 Å². The fourth-order valence-corrected chi connectivity index (χ4v) is 4.55. The summed E-state index contributed by atoms with van der Waals surface area (Å²) in [6, 6.07) is 13.5. The van der Waals surface area contributed by atoms with Gasteiger partial charge >= 0.3 is 0 Å². The summed E-state index contributed by atoms with van der Waals surface area (Å²) in [7, 11) is 0. The number of carbonyl (C=O) groups excluding carboxylic acids is 2. The molecular weight excluding hydrogens is 418 g/mol. The maximum absolute atomic E-state index is 12.9. The smallest absolute Gasteiger partial charge is 0.251 e. The Balaban J connectivity index is 1.53. The molecule has 1 fully saturated rings. The summed E-state index contributed by atoms with van der Waals surface area (Å²) >= 11 is 0. The lowest BCUT2D eigenvalue weighted by molar-refractivity contribution is 0.0865. The highest BCUT2D eigenvalue weighted by Crippen LogP contribution is 2.24. The molecule has 7 nitrogen and oxygen atoms in total. The Labute approximate surface area is 195 Å². The lowest BCUT2D eigenvalue weighted by Gasteiger charge is -2.23. The van der Waals surface area contributed by atoms with Crippen LogP contribution in [0.4, 0.5) is 0 Å². The second kappa shape index (κ2) is 11.3. The predicted molar refractivity (Wildman–Crippen MR) is 127 cm³/mol. The summed E-state index contributed by atoms with van der Waals surface area (Å²) < 4.78 is 11.5. The number of nitrogens with zero attached hydrogens (tertiary/aromatic N) is 1. The van der Waals surface area contributed by atoms with Crippen LogP contribution >= 0.6 is 0 Å². The molecule has 0 spiro atoms. The molecule has 33 heavy (non-hydrogen) atoms. The first-order valence-electron chi connectivity index (χ1n) is 11.9. The topological polar surface area (TPSA) is 79.9 Å². The number of rotatable bonds is 4. The van der Waals surface area contributed by atoms with Crippen molar-refractivity contribution >= 4 is 11.8 Å². The van der Waals surface area contributed by atoms with Crippen LogP contribution in [-0.4, -0.2) is 68.8 Å². The molecule has 4 rings (SSSR count). The number of hydrogen-bond acceptors (Lipinski definition) is 5. The Kier molecular flexibility index (Phi) is 7.96. The summed E-state index contributed by atoms with van der Waals surface area (Å²) in [6.45, 7) is 6.66. The maximum Gasteiger partial charge on any atom is 0.251 e. The molecule has 176 valence electrons. The zero-order valence-electron chi connectivity index (χ0n) is 19.3. The third-order valence-corrected chi connectivity index (χ3v) is 6.33. The Morgan fingerprint density at radius 3 is 2.97 bits per heavy atom. The van der Waals surface area contributed by atoms with Gasteiger partial charge in [-0.05, 0) is 67.4 Å². The fraction of sp³-hybridized carbons (Fsp3) is 0.462. The van der Waals surface area contributed by atoms with Crippen LogP contribution in [0.5, 0.6) is 5.75 Å². The second-order valence-electron chi connectivity index (χ2n) is 8.55. The van der Waals surface area contributed by atoms with Crippen LogP contribution in [0.15, 0.2) is 42.5 Å². The first kappa shape index (κ1) is 23.3. The summed E-state index contributed by atoms with van der Waals surface area (Å²) in [5.74, 6) is 0.543. The fourth-order valence-electron chi connectivity index (χ4n) is 4.55. The van der Waals surface area contributed by atoms with E-state index in [1.54, 1.807) is 6.07 Å². The molecule has 1 unspecified atom stereocenters. The van der Waals surface area contributed by atoms with E-state index < -0.39 is 0 Å². The van der Waals surface area contributed by atoms with E-state index in [0.717, 1.165) is 36.4 Å². The van der Waals surface area contributed by atoms with Gasteiger partial charge in [0.05, 0.1) is 13.2 Å². The standard InChI is InChI=1S/C26H33N3O4/c1-2-29-11-4-7-23(29)18-28-26(31)21-8-9-24-22(17-21)16-19-5-3-6-20(15-19)25(30)27-10-12-32-13-14-33-24/h3,5-6,8-9,15,17,23H,2,4,7,10-14,16,18H2,1H3,(H,27,30)(H,28,31). The van der Waals surface area contributed by atoms with Gasteiger partial charge in [-0.1, -0.05) is 19.1 Å². The van der Waals surface area contributed by atoms with Crippen LogP contribution in [0, 0.1) is 0 Å². The highest BCUT2D eigenvalue weighted by molar-refractivity contribution is 5.95. The number of ether oxygens (including phenoxy) is 2. The number of likely N-dealkylation sites (tertiary alicyclic amines) is 1. The van der Waals surface area contributed by atoms with Gasteiger partial charge in [0.1, 0.15) is 12.4 Å². The molecule has 2 bridgehead atoms. The van der Waals surface area contributed by atoms with E-state index in [1.165, 1.54) is 6.42 Å². The van der Waals surface area contributed by atoms with Crippen molar-refractivity contribution in [2.75, 3.05) is 46.0 Å². The molecule has 2 aromatic carbocycles. The Morgan fingerprint density at radius 2 is 2.09 bits per heavy atom. The number of hydrogen-bond donors (Lipinski definition) is 2. The quantitative estimate of drug-likeness (QED) is 0.747. The van der Waals surface area contributed by atoms with Gasteiger partial charge in [0.2, 0.25) is 0 Å². The largest absolute Gasteiger partial charge is 0.491 e. The molecule has 2 aliphatic rings. The molecule has 7 heteroatoms. The molecule has 0 saturated carbocycles. The average molecular weight is 452 g/mol. The minimum atomic E-state index is -0.116. The zero-order chi connectivity index (χ0) is 23.0. The number of carbonyl (C=O) groups is 2. The number of benzene rings is 2. The molecule has 0 aromatic heterocycles. The maximum atomic E-state index is 12.9. The van der Waals surface area contributed by atoms with Crippen molar-refractivity contribution in [2.45, 2.75) is 32.2 Å². The first-order valence-corrected chi connectivity index (χ1v) is 11.9. The zero-order valence-corrected chi connectivity index (χ0v) is 19.3. The van der Waals surface area contributed by atoms with Crippen LogP contribution in [0.2, 0.25) is 0 Å². The van der Waals surface area contributed by atoms with Crippen molar-refractivity contribution in [1.29, 1.82) is 0 Å². The molecular formula is C26H33N3O4. The molecule has 2 heterocycles. The average Bonchev–Trinajstić information content (AvgIpc) is 3.30. The lowest BCUT2D eigenvalue weighted by atomic mass is 9.99. The van der Waals surface area contributed by atoms with Gasteiger partial charge in [0.25, 0.3) is 11.8 Å². The van der Waals surface area contributed by atoms with Crippen LogP contribution in [0.3, 0.4) is 0 Å². The highest BCUT2D eigenvalue weighted by atomic mass is 16.5. The van der Waals surface area contributed by atoms with Crippen molar-refractivity contribution in [3.8, 4) is 5.75 Å². The van der Waals surface area contributed by atoms with Gasteiger partial charge in [-0.25, -0.2) is 0 Å². The SMILES string of the molecule is CCN1CCCC1CNC(=O)c1ccc2c(c1)Cc1cccc(c1)C(=O)NCCOCCO2. The van der Waals surface area contributed by atoms with Crippen molar-refractivity contribution in [3.05, 3.63) is 64.7 Å². The lowest BCUT2D eigenvalue weighted by Crippen LogP contribution is -2.40. The monoisotopic (exact) mass is 451 g/mol. The van der Waals surface area contributed by atoms with Crippen molar-refractivity contribution in [1.82, 2.24) is 15.5 Å². The van der Waals surface area contributed by atoms with Gasteiger partial charge in [0, 0.05) is 36.7 Å². The predicted octanol–water partition coefficient (Wildman–Crippen LogP) is 2.63. The highest BCUT2D eigenvalue weighted by Gasteiger charge is 2.23. The Hall–Kier alpha value is -2.90. The van der Waals surface area contributed by atoms with Crippen LogP contribution in [0.25, 0.3) is 0 Å². The van der Waals surface area contributed by atoms with E-state index in [4.69, 9.17) is 9.47 Å². The van der Waals surface area contributed by atoms with E-state index in [0.29, 0.717) is 56.5 Å². The summed E-state index contributed by atoms with van der Waals surface area (Å²) in [5.41, 5.74) is 3.12. The molecule has 1 saturated heterocycles. The first-order chi connectivity index (χ1) is 16.1. The number of nitrogens with one attached hydrogen (secondary N) is 2. The van der Waals surface area contributed by atoms with Gasteiger partial charge in [-0.15, -0.1) is 0 Å². The van der Waals surface area contributed by atoms with E-state index >= 15 is 0 Å². The van der Waals surface area contributed by atoms with E-state index in [1.807, 2.05) is 36.4 Å². The van der Waals surface area contributed by atoms with E-state index in [-0.39, 0.29) is 11.8 Å². The number of likely N-dealkylation sites (N-methyl/N-ethyl adjacent to an activating group) is 1. The summed E-state index contributed by atoms with van der Waals surface area (Å²) in [4.78, 5) is 27.8. The van der Waals surface area contributed by atoms with E-state index in [2.05, 4.69) is 22.5 Å². The normalized spacial score (nSPS) is 19.7. The third kappa shape index (κ3) is 6.12. The summed E-state index contributed by atoms with van der Waals surface area (Å²) in [5, 5.41) is 5.98. The molecule has 2 aliphatic heterocycles. The van der Waals surface area contributed by atoms with Gasteiger partial charge < -0.3 is 20.1 Å². The Bertz CT molecular complexity index is 978. The van der Waals surface area contributed by atoms with Crippen LogP contribution in [-0.2, 0) is 11.2 Å². The number of amides is 2. The molecule has 2 amide bonds. The summed E-state index contributed by atoms with van der Waals surface area (Å²) in [6.07, 6.45) is 2.87. The minimum Gasteiger partial charge on any atom is -0.491 e. The van der Waals surface area contributed by atoms with Gasteiger partial charge in [-0.3, -0.25) is 14.5 Å². The van der Waals surface area contributed by atoms with Crippen molar-refractivity contribution in [2.24, 2.45) is 0 Å². The molecule has 2 aromatic rings. The minimum absolute atomic E-state index is 0.0726. The molecule has 2 N–H and O–H groups in total.